The van der Waals surface area contributed by atoms with Crippen molar-refractivity contribution in [2.45, 2.75) is 20.0 Å². The fourth-order valence-corrected chi connectivity index (χ4v) is 1.99. The Morgan fingerprint density at radius 1 is 1.25 bits per heavy atom. The minimum Gasteiger partial charge on any atom is -0.491 e. The molecule has 1 aromatic carbocycles. The Bertz CT molecular complexity index is 412. The van der Waals surface area contributed by atoms with Gasteiger partial charge in [0.25, 0.3) is 0 Å². The van der Waals surface area contributed by atoms with Crippen LogP contribution in [0.25, 0.3) is 0 Å². The molecule has 20 heavy (non-hydrogen) atoms. The molecule has 0 aromatic heterocycles. The second kappa shape index (κ2) is 8.19. The molecule has 1 unspecified atom stereocenters. The van der Waals surface area contributed by atoms with E-state index in [2.05, 4.69) is 18.7 Å². The van der Waals surface area contributed by atoms with Crippen LogP contribution in [0.5, 0.6) is 17.2 Å². The number of aliphatic hydroxyl groups is 1. The van der Waals surface area contributed by atoms with Crippen LogP contribution in [-0.2, 0) is 0 Å². The van der Waals surface area contributed by atoms with Crippen LogP contribution in [0.4, 0.5) is 0 Å². The van der Waals surface area contributed by atoms with Gasteiger partial charge in [0.2, 0.25) is 6.79 Å². The van der Waals surface area contributed by atoms with E-state index in [4.69, 9.17) is 14.2 Å². The molecule has 2 rings (SSSR count). The van der Waals surface area contributed by atoms with Gasteiger partial charge in [-0.05, 0) is 25.2 Å². The number of likely N-dealkylation sites (N-methyl/N-ethyl adjacent to an activating group) is 1. The normalized spacial score (nSPS) is 14.0. The van der Waals surface area contributed by atoms with Crippen LogP contribution in [-0.4, -0.2) is 49.1 Å². The highest BCUT2D eigenvalue weighted by molar-refractivity contribution is 5.85. The van der Waals surface area contributed by atoms with Gasteiger partial charge < -0.3 is 24.2 Å². The van der Waals surface area contributed by atoms with E-state index in [9.17, 15) is 5.11 Å². The summed E-state index contributed by atoms with van der Waals surface area (Å²) in [6, 6.07) is 5.42. The first kappa shape index (κ1) is 16.9. The number of nitrogens with zero attached hydrogens (tertiary/aromatic N) is 1. The van der Waals surface area contributed by atoms with Crippen LogP contribution in [0.15, 0.2) is 18.2 Å². The molecule has 0 spiro atoms. The predicted molar refractivity (Wildman–Crippen MR) is 79.1 cm³/mol. The number of ether oxygens (including phenoxy) is 3. The van der Waals surface area contributed by atoms with E-state index in [0.717, 1.165) is 18.8 Å². The Balaban J connectivity index is 0.00000200. The number of hydrogen-bond acceptors (Lipinski definition) is 5. The van der Waals surface area contributed by atoms with Crippen molar-refractivity contribution in [3.63, 3.8) is 0 Å². The summed E-state index contributed by atoms with van der Waals surface area (Å²) in [5.74, 6) is 2.11. The van der Waals surface area contributed by atoms with Crippen molar-refractivity contribution in [1.82, 2.24) is 4.90 Å². The minimum absolute atomic E-state index is 0. The highest BCUT2D eigenvalue weighted by atomic mass is 35.5. The molecule has 1 heterocycles. The lowest BCUT2D eigenvalue weighted by atomic mass is 10.3. The van der Waals surface area contributed by atoms with Crippen LogP contribution in [0.3, 0.4) is 0 Å². The molecule has 114 valence electrons. The Kier molecular flexibility index (Phi) is 6.91. The Labute approximate surface area is 125 Å². The third-order valence-corrected chi connectivity index (χ3v) is 3.15. The predicted octanol–water partition coefficient (Wildman–Crippen LogP) is 1.92. The van der Waals surface area contributed by atoms with Crippen molar-refractivity contribution in [2.75, 3.05) is 33.0 Å². The molecule has 1 atom stereocenters. The molecule has 1 aliphatic heterocycles. The van der Waals surface area contributed by atoms with E-state index in [0.29, 0.717) is 18.0 Å². The lowest BCUT2D eigenvalue weighted by Crippen LogP contribution is -2.35. The van der Waals surface area contributed by atoms with Crippen molar-refractivity contribution in [3.8, 4) is 17.2 Å². The maximum Gasteiger partial charge on any atom is 0.231 e. The minimum atomic E-state index is -0.495. The van der Waals surface area contributed by atoms with Gasteiger partial charge in [0.15, 0.2) is 11.5 Å². The van der Waals surface area contributed by atoms with E-state index in [1.165, 1.54) is 0 Å². The SMILES string of the molecule is CCN(CC)CC(O)COc1ccc2c(c1)OCO2.Cl. The first-order chi connectivity index (χ1) is 9.22. The molecule has 0 aliphatic carbocycles. The molecule has 0 radical (unpaired) electrons. The highest BCUT2D eigenvalue weighted by Gasteiger charge is 2.15. The Morgan fingerprint density at radius 2 is 1.95 bits per heavy atom. The monoisotopic (exact) mass is 303 g/mol. The fraction of sp³-hybridized carbons (Fsp3) is 0.571. The van der Waals surface area contributed by atoms with Gasteiger partial charge in [-0.25, -0.2) is 0 Å². The first-order valence-electron chi connectivity index (χ1n) is 6.65. The molecule has 0 saturated heterocycles. The second-order valence-corrected chi connectivity index (χ2v) is 4.47. The zero-order valence-electron chi connectivity index (χ0n) is 11.9. The van der Waals surface area contributed by atoms with Crippen LogP contribution in [0, 0.1) is 0 Å². The van der Waals surface area contributed by atoms with E-state index < -0.39 is 6.10 Å². The van der Waals surface area contributed by atoms with Gasteiger partial charge in [-0.2, -0.15) is 0 Å². The summed E-state index contributed by atoms with van der Waals surface area (Å²) in [5, 5.41) is 9.91. The number of fused-ring (bicyclic) bond motifs is 1. The molecule has 0 amide bonds. The van der Waals surface area contributed by atoms with Crippen molar-refractivity contribution >= 4 is 12.4 Å². The van der Waals surface area contributed by atoms with Gasteiger partial charge in [0.1, 0.15) is 18.5 Å². The summed E-state index contributed by atoms with van der Waals surface area (Å²) < 4.78 is 16.1. The van der Waals surface area contributed by atoms with E-state index >= 15 is 0 Å². The largest absolute Gasteiger partial charge is 0.491 e. The maximum atomic E-state index is 9.91. The lowest BCUT2D eigenvalue weighted by Gasteiger charge is -2.21. The molecular weight excluding hydrogens is 282 g/mol. The van der Waals surface area contributed by atoms with Crippen molar-refractivity contribution in [1.29, 1.82) is 0 Å². The van der Waals surface area contributed by atoms with Crippen molar-refractivity contribution in [2.24, 2.45) is 0 Å². The molecular formula is C14H22ClNO4. The zero-order valence-corrected chi connectivity index (χ0v) is 12.7. The number of rotatable bonds is 7. The molecule has 0 fully saturated rings. The molecule has 0 saturated carbocycles. The lowest BCUT2D eigenvalue weighted by molar-refractivity contribution is 0.0715. The molecule has 6 heteroatoms. The van der Waals surface area contributed by atoms with Gasteiger partial charge in [-0.3, -0.25) is 0 Å². The third kappa shape index (κ3) is 4.44. The van der Waals surface area contributed by atoms with Crippen molar-refractivity contribution < 1.29 is 19.3 Å². The standard InChI is InChI=1S/C14H21NO4.ClH/c1-3-15(4-2)8-11(16)9-17-12-5-6-13-14(7-12)19-10-18-13;/h5-7,11,16H,3-4,8-10H2,1-2H3;1H. The van der Waals surface area contributed by atoms with Crippen LogP contribution < -0.4 is 14.2 Å². The topological polar surface area (TPSA) is 51.2 Å². The average molecular weight is 304 g/mol. The van der Waals surface area contributed by atoms with Crippen LogP contribution in [0.2, 0.25) is 0 Å². The van der Waals surface area contributed by atoms with Crippen LogP contribution in [0.1, 0.15) is 13.8 Å². The molecule has 5 nitrogen and oxygen atoms in total. The first-order valence-corrected chi connectivity index (χ1v) is 6.65. The summed E-state index contributed by atoms with van der Waals surface area (Å²) in [4.78, 5) is 2.16. The van der Waals surface area contributed by atoms with Gasteiger partial charge in [-0.1, -0.05) is 13.8 Å². The summed E-state index contributed by atoms with van der Waals surface area (Å²) >= 11 is 0. The Hall–Kier alpha value is -1.17. The smallest absolute Gasteiger partial charge is 0.231 e. The zero-order chi connectivity index (χ0) is 13.7. The summed E-state index contributed by atoms with van der Waals surface area (Å²) in [7, 11) is 0. The second-order valence-electron chi connectivity index (χ2n) is 4.47. The maximum absolute atomic E-state index is 9.91. The molecule has 1 N–H and O–H groups in total. The van der Waals surface area contributed by atoms with Gasteiger partial charge in [0, 0.05) is 12.6 Å². The van der Waals surface area contributed by atoms with E-state index in [1.54, 1.807) is 6.07 Å². The van der Waals surface area contributed by atoms with Crippen molar-refractivity contribution in [3.05, 3.63) is 18.2 Å². The van der Waals surface area contributed by atoms with Crippen LogP contribution >= 0.6 is 12.4 Å². The third-order valence-electron chi connectivity index (χ3n) is 3.15. The Morgan fingerprint density at radius 3 is 2.65 bits per heavy atom. The van der Waals surface area contributed by atoms with Gasteiger partial charge >= 0.3 is 0 Å². The summed E-state index contributed by atoms with van der Waals surface area (Å²) in [6.07, 6.45) is -0.495. The molecule has 1 aromatic rings. The fourth-order valence-electron chi connectivity index (χ4n) is 1.99. The highest BCUT2D eigenvalue weighted by Crippen LogP contribution is 2.35. The molecule has 1 aliphatic rings. The summed E-state index contributed by atoms with van der Waals surface area (Å²) in [5.41, 5.74) is 0. The average Bonchev–Trinajstić information content (AvgIpc) is 2.89. The van der Waals surface area contributed by atoms with Gasteiger partial charge in [0.05, 0.1) is 0 Å². The quantitative estimate of drug-likeness (QED) is 0.834. The van der Waals surface area contributed by atoms with E-state index in [1.807, 2.05) is 12.1 Å². The summed E-state index contributed by atoms with van der Waals surface area (Å²) in [6.45, 7) is 7.16. The number of aliphatic hydroxyl groups excluding tert-OH is 1. The van der Waals surface area contributed by atoms with Gasteiger partial charge in [-0.15, -0.1) is 12.4 Å². The number of benzene rings is 1. The molecule has 0 bridgehead atoms. The van der Waals surface area contributed by atoms with E-state index in [-0.39, 0.29) is 25.8 Å². The number of halogens is 1. The number of hydrogen-bond donors (Lipinski definition) is 1.